The quantitative estimate of drug-likeness (QED) is 0.577. The van der Waals surface area contributed by atoms with E-state index < -0.39 is 10.0 Å². The molecule has 2 aromatic carbocycles. The fraction of sp³-hybridized carbons (Fsp3) is 0.333. The average molecular weight is 491 g/mol. The summed E-state index contributed by atoms with van der Waals surface area (Å²) >= 11 is 0. The molecule has 5 rings (SSSR count). The Morgan fingerprint density at radius 2 is 1.77 bits per heavy atom. The number of benzene rings is 2. The fourth-order valence-corrected chi connectivity index (χ4v) is 6.37. The van der Waals surface area contributed by atoms with Crippen molar-refractivity contribution in [2.24, 2.45) is 0 Å². The summed E-state index contributed by atoms with van der Waals surface area (Å²) < 4.78 is 26.3. The molecular weight excluding hydrogens is 460 g/mol. The van der Waals surface area contributed by atoms with E-state index in [9.17, 15) is 13.2 Å². The number of hydrogen-bond acceptors (Lipinski definition) is 4. The molecule has 7 nitrogen and oxygen atoms in total. The number of urea groups is 1. The van der Waals surface area contributed by atoms with Crippen LogP contribution in [0.3, 0.4) is 0 Å². The van der Waals surface area contributed by atoms with E-state index in [4.69, 9.17) is 0 Å². The normalized spacial score (nSPS) is 16.9. The molecule has 3 heterocycles. The highest BCUT2D eigenvalue weighted by Crippen LogP contribution is 2.47. The lowest BCUT2D eigenvalue weighted by atomic mass is 9.74. The molecule has 35 heavy (non-hydrogen) atoms. The Labute approximate surface area is 206 Å². The Bertz CT molecular complexity index is 1350. The van der Waals surface area contributed by atoms with Crippen LogP contribution in [0, 0.1) is 0 Å². The van der Waals surface area contributed by atoms with Crippen LogP contribution in [0.25, 0.3) is 11.1 Å². The molecule has 2 aliphatic heterocycles. The van der Waals surface area contributed by atoms with E-state index in [1.165, 1.54) is 16.1 Å². The third kappa shape index (κ3) is 4.38. The van der Waals surface area contributed by atoms with Gasteiger partial charge in [-0.3, -0.25) is 9.29 Å². The highest BCUT2D eigenvalue weighted by molar-refractivity contribution is 7.92. The van der Waals surface area contributed by atoms with Crippen LogP contribution in [0.15, 0.2) is 67.0 Å². The number of piperidine rings is 1. The zero-order valence-electron chi connectivity index (χ0n) is 20.1. The molecule has 1 spiro atoms. The van der Waals surface area contributed by atoms with Gasteiger partial charge in [0.2, 0.25) is 10.0 Å². The first-order chi connectivity index (χ1) is 16.8. The van der Waals surface area contributed by atoms with Crippen molar-refractivity contribution < 1.29 is 13.2 Å². The summed E-state index contributed by atoms with van der Waals surface area (Å²) in [5.74, 6) is 0. The van der Waals surface area contributed by atoms with Crippen molar-refractivity contribution in [2.75, 3.05) is 35.5 Å². The second kappa shape index (κ2) is 9.00. The molecule has 3 aromatic rings. The SMILES string of the molecule is CCc1cnccc1-c1ccc(NC(=O)N2CCC3(CC2)CN(S(C)(=O)=O)c2ccccc23)cc1. The topological polar surface area (TPSA) is 82.6 Å². The summed E-state index contributed by atoms with van der Waals surface area (Å²) in [7, 11) is -3.35. The molecule has 0 radical (unpaired) electrons. The molecule has 1 aromatic heterocycles. The Kier molecular flexibility index (Phi) is 6.01. The fourth-order valence-electron chi connectivity index (χ4n) is 5.37. The van der Waals surface area contributed by atoms with Crippen molar-refractivity contribution >= 4 is 27.4 Å². The number of nitrogens with zero attached hydrogens (tertiary/aromatic N) is 3. The predicted molar refractivity (Wildman–Crippen MR) is 139 cm³/mol. The van der Waals surface area contributed by atoms with Crippen LogP contribution < -0.4 is 9.62 Å². The second-order valence-electron chi connectivity index (χ2n) is 9.45. The number of nitrogens with one attached hydrogen (secondary N) is 1. The summed E-state index contributed by atoms with van der Waals surface area (Å²) in [4.78, 5) is 19.0. The number of carbonyl (C=O) groups is 1. The molecule has 0 atom stereocenters. The summed E-state index contributed by atoms with van der Waals surface area (Å²) in [6, 6.07) is 17.5. The molecule has 0 saturated carbocycles. The number of hydrogen-bond donors (Lipinski definition) is 1. The third-order valence-electron chi connectivity index (χ3n) is 7.33. The minimum Gasteiger partial charge on any atom is -0.324 e. The number of aryl methyl sites for hydroxylation is 1. The lowest BCUT2D eigenvalue weighted by Crippen LogP contribution is -2.48. The number of rotatable bonds is 4. The largest absolute Gasteiger partial charge is 0.324 e. The van der Waals surface area contributed by atoms with Crippen LogP contribution in [0.4, 0.5) is 16.2 Å². The maximum Gasteiger partial charge on any atom is 0.321 e. The van der Waals surface area contributed by atoms with E-state index in [1.54, 1.807) is 6.20 Å². The first-order valence-electron chi connectivity index (χ1n) is 12.0. The van der Waals surface area contributed by atoms with Crippen LogP contribution >= 0.6 is 0 Å². The second-order valence-corrected chi connectivity index (χ2v) is 11.4. The standard InChI is InChI=1S/C27H30N4O3S/c1-3-20-18-28-15-12-23(20)21-8-10-22(11-9-21)29-26(32)30-16-13-27(14-17-30)19-31(35(2,33)34)25-7-5-4-6-24(25)27/h4-12,15,18H,3,13-14,16-17,19H2,1-2H3,(H,29,32). The molecule has 0 bridgehead atoms. The molecule has 8 heteroatoms. The van der Waals surface area contributed by atoms with Gasteiger partial charge in [-0.05, 0) is 65.8 Å². The lowest BCUT2D eigenvalue weighted by Gasteiger charge is -2.39. The van der Waals surface area contributed by atoms with E-state index in [1.807, 2.05) is 65.7 Å². The molecular formula is C27H30N4O3S. The predicted octanol–water partition coefficient (Wildman–Crippen LogP) is 4.66. The van der Waals surface area contributed by atoms with Gasteiger partial charge in [0.05, 0.1) is 11.9 Å². The number of para-hydroxylation sites is 1. The number of sulfonamides is 1. The van der Waals surface area contributed by atoms with Gasteiger partial charge in [0.15, 0.2) is 0 Å². The van der Waals surface area contributed by atoms with Gasteiger partial charge in [-0.25, -0.2) is 13.2 Å². The monoisotopic (exact) mass is 490 g/mol. The van der Waals surface area contributed by atoms with Crippen molar-refractivity contribution in [3.63, 3.8) is 0 Å². The van der Waals surface area contributed by atoms with Gasteiger partial charge in [0.1, 0.15) is 0 Å². The van der Waals surface area contributed by atoms with Gasteiger partial charge in [0.25, 0.3) is 0 Å². The number of pyridine rings is 1. The van der Waals surface area contributed by atoms with Gasteiger partial charge in [-0.2, -0.15) is 0 Å². The molecule has 1 fully saturated rings. The van der Waals surface area contributed by atoms with E-state index >= 15 is 0 Å². The van der Waals surface area contributed by atoms with Gasteiger partial charge >= 0.3 is 6.03 Å². The maximum atomic E-state index is 13.0. The van der Waals surface area contributed by atoms with Crippen molar-refractivity contribution in [1.29, 1.82) is 0 Å². The number of likely N-dealkylation sites (tertiary alicyclic amines) is 1. The van der Waals surface area contributed by atoms with Gasteiger partial charge < -0.3 is 10.2 Å². The van der Waals surface area contributed by atoms with Crippen LogP contribution in [-0.4, -0.2) is 50.2 Å². The Morgan fingerprint density at radius 1 is 1.06 bits per heavy atom. The van der Waals surface area contributed by atoms with Crippen molar-refractivity contribution in [3.05, 3.63) is 78.1 Å². The average Bonchev–Trinajstić information content (AvgIpc) is 3.19. The maximum absolute atomic E-state index is 13.0. The van der Waals surface area contributed by atoms with Crippen LogP contribution in [-0.2, 0) is 21.9 Å². The van der Waals surface area contributed by atoms with Crippen LogP contribution in [0.5, 0.6) is 0 Å². The number of anilines is 2. The zero-order chi connectivity index (χ0) is 24.6. The van der Waals surface area contributed by atoms with Crippen LogP contribution in [0.2, 0.25) is 0 Å². The summed E-state index contributed by atoms with van der Waals surface area (Å²) in [5.41, 5.74) is 5.78. The highest BCUT2D eigenvalue weighted by Gasteiger charge is 2.47. The number of carbonyl (C=O) groups excluding carboxylic acids is 1. The van der Waals surface area contributed by atoms with Crippen molar-refractivity contribution in [3.8, 4) is 11.1 Å². The molecule has 1 saturated heterocycles. The third-order valence-corrected chi connectivity index (χ3v) is 8.46. The smallest absolute Gasteiger partial charge is 0.321 e. The molecule has 0 unspecified atom stereocenters. The minimum atomic E-state index is -3.35. The molecule has 182 valence electrons. The van der Waals surface area contributed by atoms with E-state index in [0.717, 1.165) is 47.3 Å². The Balaban J connectivity index is 1.26. The molecule has 0 aliphatic carbocycles. The summed E-state index contributed by atoms with van der Waals surface area (Å²) in [6.07, 6.45) is 7.31. The van der Waals surface area contributed by atoms with E-state index in [-0.39, 0.29) is 11.4 Å². The Hall–Kier alpha value is -3.39. The molecule has 1 N–H and O–H groups in total. The lowest BCUT2D eigenvalue weighted by molar-refractivity contribution is 0.173. The van der Waals surface area contributed by atoms with Gasteiger partial charge in [-0.1, -0.05) is 37.3 Å². The van der Waals surface area contributed by atoms with E-state index in [0.29, 0.717) is 19.6 Å². The zero-order valence-corrected chi connectivity index (χ0v) is 20.9. The molecule has 2 aliphatic rings. The van der Waals surface area contributed by atoms with Crippen molar-refractivity contribution in [1.82, 2.24) is 9.88 Å². The minimum absolute atomic E-state index is 0.128. The van der Waals surface area contributed by atoms with Crippen molar-refractivity contribution in [2.45, 2.75) is 31.6 Å². The van der Waals surface area contributed by atoms with Crippen LogP contribution in [0.1, 0.15) is 30.9 Å². The summed E-state index contributed by atoms with van der Waals surface area (Å²) in [6.45, 7) is 3.71. The highest BCUT2D eigenvalue weighted by atomic mass is 32.2. The van der Waals surface area contributed by atoms with E-state index in [2.05, 4.69) is 17.2 Å². The first-order valence-corrected chi connectivity index (χ1v) is 13.8. The summed E-state index contributed by atoms with van der Waals surface area (Å²) in [5, 5.41) is 3.02. The number of amides is 2. The Morgan fingerprint density at radius 3 is 2.46 bits per heavy atom. The number of fused-ring (bicyclic) bond motifs is 2. The number of aromatic nitrogens is 1. The van der Waals surface area contributed by atoms with Gasteiger partial charge in [-0.15, -0.1) is 0 Å². The molecule has 2 amide bonds. The van der Waals surface area contributed by atoms with Gasteiger partial charge in [0, 0.05) is 43.1 Å². The first kappa shape index (κ1) is 23.4.